The van der Waals surface area contributed by atoms with Gasteiger partial charge >= 0.3 is 87.5 Å². The Kier molecular flexibility index (Phi) is 6.00. The zero-order valence-corrected chi connectivity index (χ0v) is 9.16. The van der Waals surface area contributed by atoms with E-state index >= 15 is 0 Å². The van der Waals surface area contributed by atoms with Crippen LogP contribution in [0, 0.1) is 0 Å². The Balaban J connectivity index is 4.24. The molecule has 0 aromatic carbocycles. The van der Waals surface area contributed by atoms with E-state index in [9.17, 15) is 4.79 Å². The summed E-state index contributed by atoms with van der Waals surface area (Å²) < 4.78 is -0.675. The minimum absolute atomic E-state index is 0.675. The molecule has 0 rings (SSSR count). The number of hydrogen-bond acceptors (Lipinski definition) is 6. The maximum atomic E-state index is 10.6. The van der Waals surface area contributed by atoms with E-state index in [1.165, 1.54) is 0 Å². The number of aliphatic hydroxyl groups excluding tert-OH is 5. The van der Waals surface area contributed by atoms with E-state index in [1.54, 1.807) is 0 Å². The zero-order valence-electron chi connectivity index (χ0n) is 6.61. The summed E-state index contributed by atoms with van der Waals surface area (Å²) >= 11 is 0.676. The normalized spacial score (nSPS) is 20.5. The first kappa shape index (κ1) is 13.3. The molecule has 13 heavy (non-hydrogen) atoms. The molecule has 0 saturated carbocycles. The van der Waals surface area contributed by atoms with Gasteiger partial charge in [-0.3, -0.25) is 0 Å². The van der Waals surface area contributed by atoms with Crippen molar-refractivity contribution in [1.29, 1.82) is 0 Å². The molecule has 0 unspecified atom stereocenters. The van der Waals surface area contributed by atoms with Crippen molar-refractivity contribution in [3.05, 3.63) is 0 Å². The van der Waals surface area contributed by atoms with Crippen LogP contribution in [0.1, 0.15) is 0 Å². The third kappa shape index (κ3) is 3.87. The summed E-state index contributed by atoms with van der Waals surface area (Å²) in [5.74, 6) is 0. The van der Waals surface area contributed by atoms with Crippen LogP contribution >= 0.6 is 0 Å². The quantitative estimate of drug-likeness (QED) is 0.329. The summed E-state index contributed by atoms with van der Waals surface area (Å²) in [5.41, 5.74) is 0. The van der Waals surface area contributed by atoms with Crippen molar-refractivity contribution in [3.8, 4) is 0 Å². The maximum absolute atomic E-state index is 10.6. The van der Waals surface area contributed by atoms with Crippen molar-refractivity contribution >= 4 is 26.1 Å². The van der Waals surface area contributed by atoms with Gasteiger partial charge in [-0.15, -0.1) is 0 Å². The van der Waals surface area contributed by atoms with E-state index in [1.807, 2.05) is 0 Å². The van der Waals surface area contributed by atoms with E-state index in [2.05, 4.69) is 0 Å². The van der Waals surface area contributed by atoms with Gasteiger partial charge in [0.15, 0.2) is 0 Å². The summed E-state index contributed by atoms with van der Waals surface area (Å²) in [6.07, 6.45) is -6.82. The molecule has 6 nitrogen and oxygen atoms in total. The molecule has 0 spiro atoms. The van der Waals surface area contributed by atoms with Gasteiger partial charge in [-0.1, -0.05) is 0 Å². The van der Waals surface area contributed by atoms with Crippen LogP contribution < -0.4 is 0 Å². The molecule has 0 aromatic rings. The molecule has 0 bridgehead atoms. The number of carbonyl (C=O) groups excluding carboxylic acids is 1. The molecule has 0 aliphatic carbocycles. The van der Waals surface area contributed by atoms with Gasteiger partial charge in [0.2, 0.25) is 0 Å². The molecule has 0 aromatic heterocycles. The van der Waals surface area contributed by atoms with Gasteiger partial charge in [0.25, 0.3) is 0 Å². The summed E-state index contributed by atoms with van der Waals surface area (Å²) in [7, 11) is 0. The van der Waals surface area contributed by atoms with Crippen LogP contribution in [0.3, 0.4) is 0 Å². The minimum atomic E-state index is -1.78. The molecule has 0 saturated heterocycles. The van der Waals surface area contributed by atoms with E-state index in [0.717, 1.165) is 0 Å². The fourth-order valence-electron chi connectivity index (χ4n) is 0.668. The van der Waals surface area contributed by atoms with E-state index in [-0.39, 0.29) is 0 Å². The molecule has 0 amide bonds. The zero-order chi connectivity index (χ0) is 10.6. The van der Waals surface area contributed by atoms with Crippen molar-refractivity contribution in [2.75, 3.05) is 6.61 Å². The monoisotopic (exact) mass is 310 g/mol. The van der Waals surface area contributed by atoms with Gasteiger partial charge in [0.05, 0.1) is 0 Å². The Hall–Kier alpha value is 0.260. The van der Waals surface area contributed by atoms with Crippen molar-refractivity contribution in [2.45, 2.75) is 24.4 Å². The third-order valence-electron chi connectivity index (χ3n) is 1.51. The van der Waals surface area contributed by atoms with Gasteiger partial charge in [0.1, 0.15) is 0 Å². The Morgan fingerprint density at radius 2 is 1.62 bits per heavy atom. The molecule has 0 heterocycles. The van der Waals surface area contributed by atoms with Gasteiger partial charge in [-0.05, 0) is 0 Å². The Labute approximate surface area is 87.7 Å². The fraction of sp³-hybridized carbons (Fsp3) is 0.833. The predicted octanol–water partition coefficient (Wildman–Crippen LogP) is -4.15. The number of rotatable bonds is 5. The second kappa shape index (κ2) is 5.88. The van der Waals surface area contributed by atoms with Crippen LogP contribution in [-0.4, -0.2) is 82.7 Å². The van der Waals surface area contributed by atoms with Crippen LogP contribution in [0.15, 0.2) is 0 Å². The summed E-state index contributed by atoms with van der Waals surface area (Å²) in [6.45, 7) is -0.757. The van der Waals surface area contributed by atoms with E-state index in [0.29, 0.717) is 22.3 Å². The van der Waals surface area contributed by atoms with Crippen molar-refractivity contribution in [2.24, 2.45) is 0 Å². The Morgan fingerprint density at radius 3 is 1.92 bits per heavy atom. The van der Waals surface area contributed by atoms with Crippen molar-refractivity contribution < 1.29 is 30.3 Å². The molecule has 7 heteroatoms. The van der Waals surface area contributed by atoms with Crippen molar-refractivity contribution in [1.82, 2.24) is 0 Å². The Bertz CT molecular complexity index is 175. The summed E-state index contributed by atoms with van der Waals surface area (Å²) in [5, 5.41) is 44.3. The first-order chi connectivity index (χ1) is 5.91. The third-order valence-corrected chi connectivity index (χ3v) is 2.26. The summed E-state index contributed by atoms with van der Waals surface area (Å²) in [4.78, 5) is 10.6. The summed E-state index contributed by atoms with van der Waals surface area (Å²) in [6, 6.07) is 0. The molecule has 0 aliphatic rings. The van der Waals surface area contributed by atoms with Crippen molar-refractivity contribution in [3.63, 3.8) is 0 Å². The van der Waals surface area contributed by atoms with E-state index in [4.69, 9.17) is 25.5 Å². The van der Waals surface area contributed by atoms with Crippen LogP contribution in [0.25, 0.3) is 0 Å². The second-order valence-corrected chi connectivity index (χ2v) is 3.77. The fourth-order valence-corrected chi connectivity index (χ4v) is 1.10. The molecular weight excluding hydrogens is 296 g/mol. The van der Waals surface area contributed by atoms with Crippen LogP contribution in [-0.2, 0) is 4.79 Å². The first-order valence-electron chi connectivity index (χ1n) is 3.47. The first-order valence-corrected chi connectivity index (χ1v) is 4.75. The number of hydrogen-bond donors (Lipinski definition) is 5. The van der Waals surface area contributed by atoms with Gasteiger partial charge in [0, 0.05) is 0 Å². The molecule has 0 radical (unpaired) electrons. The molecule has 5 N–H and O–H groups in total. The van der Waals surface area contributed by atoms with Gasteiger partial charge in [-0.25, -0.2) is 0 Å². The topological polar surface area (TPSA) is 118 Å². The SMILES string of the molecule is O=C([TeH])[C@H](O)[C@@H](O)[C@H](O)[C@H](O)CO. The Morgan fingerprint density at radius 1 is 1.15 bits per heavy atom. The molecular formula is C6H12O6Te. The molecule has 4 atom stereocenters. The average molecular weight is 308 g/mol. The average Bonchev–Trinajstić information content (AvgIpc) is 2.12. The molecule has 0 fully saturated rings. The standard InChI is InChI=1S/C6H12O6Te/c7-1-2(8)3(9)4(10)5(11)6(12)13/h2-5,7-11H,1H2,(H,12,13)/t2-,3-,4+,5-/m1/s1. The predicted molar refractivity (Wildman–Crippen MR) is 43.3 cm³/mol. The van der Waals surface area contributed by atoms with Crippen LogP contribution in [0.2, 0.25) is 0 Å². The van der Waals surface area contributed by atoms with Crippen LogP contribution in [0.5, 0.6) is 0 Å². The van der Waals surface area contributed by atoms with Crippen LogP contribution in [0.4, 0.5) is 0 Å². The number of carbonyl (C=O) groups is 1. The van der Waals surface area contributed by atoms with Gasteiger partial charge < -0.3 is 0 Å². The second-order valence-electron chi connectivity index (χ2n) is 2.51. The van der Waals surface area contributed by atoms with Gasteiger partial charge in [-0.2, -0.15) is 0 Å². The molecule has 0 aliphatic heterocycles. The molecule has 78 valence electrons. The van der Waals surface area contributed by atoms with E-state index < -0.39 is 34.9 Å². The number of aliphatic hydroxyl groups is 5.